The number of methoxy groups -OCH3 is 1. The van der Waals surface area contributed by atoms with Crippen molar-refractivity contribution in [3.63, 3.8) is 0 Å². The number of halogens is 1. The molecule has 178 valence electrons. The third-order valence-electron chi connectivity index (χ3n) is 6.77. The number of nitrogens with one attached hydrogen (secondary N) is 1. The lowest BCUT2D eigenvalue weighted by Crippen LogP contribution is -2.63. The maximum Gasteiger partial charge on any atom is 0.279 e. The van der Waals surface area contributed by atoms with Crippen LogP contribution in [-0.4, -0.2) is 18.9 Å². The Labute approximate surface area is 207 Å². The van der Waals surface area contributed by atoms with E-state index in [9.17, 15) is 14.0 Å². The van der Waals surface area contributed by atoms with E-state index in [1.165, 1.54) is 11.0 Å². The van der Waals surface area contributed by atoms with E-state index in [0.29, 0.717) is 39.5 Å². The standard InChI is InChI=1S/C29H22FN3O3/c1-36-21-16-14-20(15-17-21)33-27(34)22-9-3-6-12-25(22)31-29(33)23-10-4-7-13-26(23)32(28(29)35)18-19-8-2-5-11-24(19)30/h2-17,31H,18H2,1H3/t29-/m1/s1. The van der Waals surface area contributed by atoms with E-state index in [-0.39, 0.29) is 18.4 Å². The van der Waals surface area contributed by atoms with Crippen molar-refractivity contribution in [1.29, 1.82) is 0 Å². The number of carbonyl (C=O) groups excluding carboxylic acids is 2. The first-order valence-corrected chi connectivity index (χ1v) is 11.6. The Morgan fingerprint density at radius 3 is 2.33 bits per heavy atom. The summed E-state index contributed by atoms with van der Waals surface area (Å²) in [7, 11) is 1.57. The average Bonchev–Trinajstić information content (AvgIpc) is 3.13. The first kappa shape index (κ1) is 21.9. The molecule has 7 heteroatoms. The van der Waals surface area contributed by atoms with Crippen molar-refractivity contribution in [2.45, 2.75) is 12.2 Å². The third kappa shape index (κ3) is 3.09. The van der Waals surface area contributed by atoms with Crippen molar-refractivity contribution in [2.24, 2.45) is 0 Å². The van der Waals surface area contributed by atoms with Crippen LogP contribution in [0.3, 0.4) is 0 Å². The summed E-state index contributed by atoms with van der Waals surface area (Å²) in [6, 6.07) is 27.8. The number of carbonyl (C=O) groups is 2. The van der Waals surface area contributed by atoms with Crippen molar-refractivity contribution in [3.05, 3.63) is 120 Å². The molecule has 6 nitrogen and oxygen atoms in total. The molecule has 0 saturated heterocycles. The lowest BCUT2D eigenvalue weighted by atomic mass is 9.92. The molecule has 1 N–H and O–H groups in total. The molecule has 2 heterocycles. The number of para-hydroxylation sites is 2. The SMILES string of the molecule is COc1ccc(N2C(=O)c3ccccc3N[C@@]23C(=O)N(Cc2ccccc2F)c2ccccc23)cc1. The van der Waals surface area contributed by atoms with Gasteiger partial charge in [-0.15, -0.1) is 0 Å². The van der Waals surface area contributed by atoms with Crippen LogP contribution in [0.5, 0.6) is 5.75 Å². The number of amides is 2. The number of hydrogen-bond donors (Lipinski definition) is 1. The van der Waals surface area contributed by atoms with Crippen LogP contribution in [0.4, 0.5) is 21.5 Å². The summed E-state index contributed by atoms with van der Waals surface area (Å²) in [6.07, 6.45) is 0. The largest absolute Gasteiger partial charge is 0.497 e. The number of rotatable bonds is 4. The maximum atomic E-state index is 14.6. The van der Waals surface area contributed by atoms with Crippen LogP contribution in [0.1, 0.15) is 21.5 Å². The maximum absolute atomic E-state index is 14.6. The molecule has 1 spiro atoms. The minimum absolute atomic E-state index is 0.0260. The zero-order chi connectivity index (χ0) is 24.9. The van der Waals surface area contributed by atoms with Crippen molar-refractivity contribution in [3.8, 4) is 5.75 Å². The van der Waals surface area contributed by atoms with Crippen molar-refractivity contribution < 1.29 is 18.7 Å². The molecule has 0 aromatic heterocycles. The molecule has 4 aromatic carbocycles. The molecule has 0 bridgehead atoms. The Hall–Kier alpha value is -4.65. The van der Waals surface area contributed by atoms with E-state index < -0.39 is 11.5 Å². The van der Waals surface area contributed by atoms with Crippen molar-refractivity contribution >= 4 is 28.9 Å². The number of anilines is 3. The van der Waals surface area contributed by atoms with Crippen LogP contribution < -0.4 is 19.9 Å². The van der Waals surface area contributed by atoms with Gasteiger partial charge >= 0.3 is 0 Å². The summed E-state index contributed by atoms with van der Waals surface area (Å²) in [5.41, 5.74) is 1.60. The summed E-state index contributed by atoms with van der Waals surface area (Å²) in [4.78, 5) is 31.5. The Bertz CT molecular complexity index is 1500. The van der Waals surface area contributed by atoms with E-state index >= 15 is 0 Å². The van der Waals surface area contributed by atoms with Gasteiger partial charge in [0.25, 0.3) is 11.8 Å². The highest BCUT2D eigenvalue weighted by Crippen LogP contribution is 2.50. The second kappa shape index (κ2) is 8.23. The van der Waals surface area contributed by atoms with Crippen LogP contribution in [0.2, 0.25) is 0 Å². The smallest absolute Gasteiger partial charge is 0.279 e. The molecule has 4 aromatic rings. The van der Waals surface area contributed by atoms with Gasteiger partial charge in [0.15, 0.2) is 0 Å². The van der Waals surface area contributed by atoms with Crippen LogP contribution in [-0.2, 0) is 17.0 Å². The Morgan fingerprint density at radius 1 is 0.861 bits per heavy atom. The second-order valence-corrected chi connectivity index (χ2v) is 8.72. The normalized spacial score (nSPS) is 18.2. The van der Waals surface area contributed by atoms with E-state index in [4.69, 9.17) is 4.74 Å². The number of fused-ring (bicyclic) bond motifs is 3. The van der Waals surface area contributed by atoms with Gasteiger partial charge in [-0.25, -0.2) is 4.39 Å². The molecular weight excluding hydrogens is 457 g/mol. The van der Waals surface area contributed by atoms with Crippen LogP contribution in [0.15, 0.2) is 97.1 Å². The molecule has 36 heavy (non-hydrogen) atoms. The third-order valence-corrected chi connectivity index (χ3v) is 6.77. The Morgan fingerprint density at radius 2 is 1.56 bits per heavy atom. The first-order chi connectivity index (χ1) is 17.5. The number of ether oxygens (including phenoxy) is 1. The molecule has 0 aliphatic carbocycles. The number of hydrogen-bond acceptors (Lipinski definition) is 4. The van der Waals surface area contributed by atoms with E-state index in [0.717, 1.165) is 0 Å². The zero-order valence-corrected chi connectivity index (χ0v) is 19.4. The average molecular weight is 480 g/mol. The highest BCUT2D eigenvalue weighted by Gasteiger charge is 2.59. The monoisotopic (exact) mass is 479 g/mol. The molecule has 2 aliphatic heterocycles. The van der Waals surface area contributed by atoms with Gasteiger partial charge in [-0.1, -0.05) is 48.5 Å². The van der Waals surface area contributed by atoms with Gasteiger partial charge in [-0.3, -0.25) is 14.5 Å². The number of nitrogens with zero attached hydrogens (tertiary/aromatic N) is 2. The van der Waals surface area contributed by atoms with Crippen molar-refractivity contribution in [2.75, 3.05) is 22.2 Å². The van der Waals surface area contributed by atoms with Gasteiger partial charge in [-0.2, -0.15) is 0 Å². The van der Waals surface area contributed by atoms with Crippen molar-refractivity contribution in [1.82, 2.24) is 0 Å². The van der Waals surface area contributed by atoms with Gasteiger partial charge in [0.1, 0.15) is 11.6 Å². The molecule has 0 saturated carbocycles. The highest BCUT2D eigenvalue weighted by atomic mass is 19.1. The lowest BCUT2D eigenvalue weighted by Gasteiger charge is -2.45. The van der Waals surface area contributed by atoms with Gasteiger partial charge in [0.2, 0.25) is 5.66 Å². The molecular formula is C29H22FN3O3. The highest BCUT2D eigenvalue weighted by molar-refractivity contribution is 6.22. The van der Waals surface area contributed by atoms with Crippen LogP contribution in [0.25, 0.3) is 0 Å². The predicted octanol–water partition coefficient (Wildman–Crippen LogP) is 5.31. The van der Waals surface area contributed by atoms with Crippen LogP contribution in [0, 0.1) is 5.82 Å². The fraction of sp³-hybridized carbons (Fsp3) is 0.103. The zero-order valence-electron chi connectivity index (χ0n) is 19.4. The summed E-state index contributed by atoms with van der Waals surface area (Å²) in [6.45, 7) is 0.0260. The molecule has 1 atom stereocenters. The first-order valence-electron chi connectivity index (χ1n) is 11.6. The molecule has 6 rings (SSSR count). The van der Waals surface area contributed by atoms with E-state index in [2.05, 4.69) is 5.32 Å². The van der Waals surface area contributed by atoms with Gasteiger partial charge in [0, 0.05) is 22.5 Å². The fourth-order valence-electron chi connectivity index (χ4n) is 5.07. The topological polar surface area (TPSA) is 61.9 Å². The Kier molecular flexibility index (Phi) is 5.00. The summed E-state index contributed by atoms with van der Waals surface area (Å²) >= 11 is 0. The quantitative estimate of drug-likeness (QED) is 0.431. The predicted molar refractivity (Wildman–Crippen MR) is 136 cm³/mol. The molecule has 0 radical (unpaired) electrons. The fourth-order valence-corrected chi connectivity index (χ4v) is 5.07. The summed E-state index contributed by atoms with van der Waals surface area (Å²) in [5.74, 6) is -0.449. The molecule has 2 aliphatic rings. The van der Waals surface area contributed by atoms with Crippen LogP contribution >= 0.6 is 0 Å². The van der Waals surface area contributed by atoms with Gasteiger partial charge < -0.3 is 15.0 Å². The van der Waals surface area contributed by atoms with E-state index in [1.807, 2.05) is 30.3 Å². The Balaban J connectivity index is 1.57. The summed E-state index contributed by atoms with van der Waals surface area (Å²) in [5, 5.41) is 3.41. The van der Waals surface area contributed by atoms with Gasteiger partial charge in [0.05, 0.1) is 24.9 Å². The summed E-state index contributed by atoms with van der Waals surface area (Å²) < 4.78 is 19.9. The molecule has 0 unspecified atom stereocenters. The lowest BCUT2D eigenvalue weighted by molar-refractivity contribution is -0.122. The molecule has 2 amide bonds. The minimum Gasteiger partial charge on any atom is -0.497 e. The minimum atomic E-state index is -1.55. The second-order valence-electron chi connectivity index (χ2n) is 8.72. The molecule has 0 fully saturated rings. The number of benzene rings is 4. The van der Waals surface area contributed by atoms with Gasteiger partial charge in [-0.05, 0) is 48.5 Å². The van der Waals surface area contributed by atoms with E-state index in [1.54, 1.807) is 72.7 Å².